The SMILES string of the molecule is CCCCCOC(=O)OOOC(=O)c1ccc(-c2ccccc2)cc1. The molecule has 0 aliphatic rings. The predicted molar refractivity (Wildman–Crippen MR) is 90.3 cm³/mol. The molecule has 2 aromatic carbocycles. The summed E-state index contributed by atoms with van der Waals surface area (Å²) in [5.41, 5.74) is 2.26. The minimum atomic E-state index is -1.05. The number of carbonyl (C=O) groups excluding carboxylic acids is 2. The van der Waals surface area contributed by atoms with Gasteiger partial charge in [0, 0.05) is 0 Å². The van der Waals surface area contributed by atoms with Gasteiger partial charge in [0.2, 0.25) is 0 Å². The highest BCUT2D eigenvalue weighted by atomic mass is 17.5. The molecule has 2 rings (SSSR count). The van der Waals surface area contributed by atoms with Gasteiger partial charge in [-0.1, -0.05) is 62.2 Å². The summed E-state index contributed by atoms with van der Waals surface area (Å²) in [4.78, 5) is 31.6. The average molecular weight is 344 g/mol. The summed E-state index contributed by atoms with van der Waals surface area (Å²) in [7, 11) is 0. The first-order chi connectivity index (χ1) is 12.2. The van der Waals surface area contributed by atoms with Crippen LogP contribution in [0.25, 0.3) is 11.1 Å². The van der Waals surface area contributed by atoms with E-state index in [-0.39, 0.29) is 12.2 Å². The maximum absolute atomic E-state index is 11.8. The fourth-order valence-corrected chi connectivity index (χ4v) is 2.08. The van der Waals surface area contributed by atoms with E-state index in [1.54, 1.807) is 24.3 Å². The van der Waals surface area contributed by atoms with Gasteiger partial charge in [0.1, 0.15) is 0 Å². The van der Waals surface area contributed by atoms with Gasteiger partial charge in [0.15, 0.2) is 0 Å². The first-order valence-electron chi connectivity index (χ1n) is 8.08. The van der Waals surface area contributed by atoms with E-state index in [1.807, 2.05) is 37.3 Å². The van der Waals surface area contributed by atoms with Crippen LogP contribution in [0.4, 0.5) is 4.79 Å². The smallest absolute Gasteiger partial charge is 0.432 e. The Morgan fingerprint density at radius 1 is 0.840 bits per heavy atom. The molecule has 6 heteroatoms. The van der Waals surface area contributed by atoms with Gasteiger partial charge in [-0.15, -0.1) is 0 Å². The summed E-state index contributed by atoms with van der Waals surface area (Å²) in [6.07, 6.45) is 1.64. The third-order valence-corrected chi connectivity index (χ3v) is 3.41. The van der Waals surface area contributed by atoms with Crippen molar-refractivity contribution in [3.05, 3.63) is 60.2 Å². The second-order valence-electron chi connectivity index (χ2n) is 5.27. The number of hydrogen-bond acceptors (Lipinski definition) is 6. The fraction of sp³-hybridized carbons (Fsp3) is 0.263. The van der Waals surface area contributed by atoms with E-state index < -0.39 is 12.1 Å². The normalized spacial score (nSPS) is 10.1. The first-order valence-corrected chi connectivity index (χ1v) is 8.08. The second kappa shape index (κ2) is 10.1. The van der Waals surface area contributed by atoms with Crippen molar-refractivity contribution >= 4 is 12.1 Å². The summed E-state index contributed by atoms with van der Waals surface area (Å²) in [5, 5.41) is 4.16. The van der Waals surface area contributed by atoms with Crippen molar-refractivity contribution in [2.24, 2.45) is 0 Å². The molecule has 0 fully saturated rings. The molecule has 0 bridgehead atoms. The van der Waals surface area contributed by atoms with Crippen LogP contribution in [0.3, 0.4) is 0 Å². The van der Waals surface area contributed by atoms with Crippen LogP contribution < -0.4 is 0 Å². The minimum Gasteiger partial charge on any atom is -0.432 e. The van der Waals surface area contributed by atoms with Gasteiger partial charge in [-0.3, -0.25) is 4.89 Å². The van der Waals surface area contributed by atoms with Crippen LogP contribution in [0.2, 0.25) is 0 Å². The molecule has 0 amide bonds. The Bertz CT molecular complexity index is 666. The maximum atomic E-state index is 11.8. The Morgan fingerprint density at radius 3 is 2.20 bits per heavy atom. The van der Waals surface area contributed by atoms with Crippen molar-refractivity contribution in [3.63, 3.8) is 0 Å². The molecule has 6 nitrogen and oxygen atoms in total. The Balaban J connectivity index is 1.75. The molecule has 0 saturated heterocycles. The van der Waals surface area contributed by atoms with Crippen LogP contribution in [-0.4, -0.2) is 18.7 Å². The quantitative estimate of drug-likeness (QED) is 0.299. The second-order valence-corrected chi connectivity index (χ2v) is 5.27. The van der Waals surface area contributed by atoms with Crippen LogP contribution in [0.15, 0.2) is 54.6 Å². The van der Waals surface area contributed by atoms with Crippen molar-refractivity contribution in [3.8, 4) is 11.1 Å². The predicted octanol–water partition coefficient (Wildman–Crippen LogP) is 4.70. The molecule has 0 aliphatic heterocycles. The summed E-state index contributed by atoms with van der Waals surface area (Å²) in [6, 6.07) is 16.5. The molecule has 25 heavy (non-hydrogen) atoms. The topological polar surface area (TPSA) is 71.1 Å². The molecule has 0 N–H and O–H groups in total. The number of carbonyl (C=O) groups is 2. The van der Waals surface area contributed by atoms with Gasteiger partial charge in [0.25, 0.3) is 0 Å². The van der Waals surface area contributed by atoms with Crippen LogP contribution in [0.1, 0.15) is 36.5 Å². The fourth-order valence-electron chi connectivity index (χ4n) is 2.08. The van der Waals surface area contributed by atoms with Gasteiger partial charge < -0.3 is 4.74 Å². The van der Waals surface area contributed by atoms with Crippen LogP contribution in [0.5, 0.6) is 0 Å². The third-order valence-electron chi connectivity index (χ3n) is 3.41. The van der Waals surface area contributed by atoms with E-state index in [0.717, 1.165) is 30.4 Å². The molecule has 0 atom stereocenters. The Morgan fingerprint density at radius 2 is 1.52 bits per heavy atom. The lowest BCUT2D eigenvalue weighted by Gasteiger charge is -2.05. The average Bonchev–Trinajstić information content (AvgIpc) is 2.66. The van der Waals surface area contributed by atoms with Crippen molar-refractivity contribution in [1.82, 2.24) is 0 Å². The number of unbranched alkanes of at least 4 members (excludes halogenated alkanes) is 2. The van der Waals surface area contributed by atoms with Crippen LogP contribution >= 0.6 is 0 Å². The molecule has 0 saturated carbocycles. The van der Waals surface area contributed by atoms with Crippen LogP contribution in [-0.2, 0) is 19.6 Å². The highest BCUT2D eigenvalue weighted by Crippen LogP contribution is 2.19. The minimum absolute atomic E-state index is 0.227. The zero-order valence-corrected chi connectivity index (χ0v) is 14.0. The first kappa shape index (κ1) is 18.5. The van der Waals surface area contributed by atoms with Gasteiger partial charge in [-0.05, 0) is 29.7 Å². The van der Waals surface area contributed by atoms with Crippen LogP contribution in [0, 0.1) is 0 Å². The van der Waals surface area contributed by atoms with Crippen molar-refractivity contribution < 1.29 is 29.1 Å². The van der Waals surface area contributed by atoms with Crippen molar-refractivity contribution in [2.45, 2.75) is 26.2 Å². The van der Waals surface area contributed by atoms with E-state index in [9.17, 15) is 9.59 Å². The summed E-state index contributed by atoms with van der Waals surface area (Å²) < 4.78 is 4.72. The molecule has 0 unspecified atom stereocenters. The molecule has 0 heterocycles. The number of ether oxygens (including phenoxy) is 1. The van der Waals surface area contributed by atoms with E-state index >= 15 is 0 Å². The Hall–Kier alpha value is -2.86. The van der Waals surface area contributed by atoms with E-state index in [0.29, 0.717) is 0 Å². The monoisotopic (exact) mass is 344 g/mol. The van der Waals surface area contributed by atoms with E-state index in [2.05, 4.69) is 14.8 Å². The van der Waals surface area contributed by atoms with Crippen molar-refractivity contribution in [2.75, 3.05) is 6.61 Å². The molecular weight excluding hydrogens is 324 g/mol. The Labute approximate surface area is 146 Å². The molecule has 2 aromatic rings. The largest absolute Gasteiger partial charge is 0.543 e. The number of benzene rings is 2. The number of hydrogen-bond donors (Lipinski definition) is 0. The Kier molecular flexibility index (Phi) is 7.46. The lowest BCUT2D eigenvalue weighted by molar-refractivity contribution is -0.452. The van der Waals surface area contributed by atoms with E-state index in [1.165, 1.54) is 0 Å². The summed E-state index contributed by atoms with van der Waals surface area (Å²) in [6.45, 7) is 2.26. The highest BCUT2D eigenvalue weighted by molar-refractivity contribution is 5.89. The molecular formula is C19H20O6. The zero-order chi connectivity index (χ0) is 17.9. The molecule has 0 radical (unpaired) electrons. The zero-order valence-electron chi connectivity index (χ0n) is 14.0. The summed E-state index contributed by atoms with van der Waals surface area (Å²) in [5.74, 6) is -0.779. The summed E-state index contributed by atoms with van der Waals surface area (Å²) >= 11 is 0. The van der Waals surface area contributed by atoms with E-state index in [4.69, 9.17) is 4.74 Å². The highest BCUT2D eigenvalue weighted by Gasteiger charge is 2.12. The number of rotatable bonds is 8. The maximum Gasteiger partial charge on any atom is 0.543 e. The lowest BCUT2D eigenvalue weighted by Crippen LogP contribution is -2.12. The standard InChI is InChI=1S/C19H20O6/c1-2-3-7-14-22-19(21)24-25-23-18(20)17-12-10-16(11-13-17)15-8-5-4-6-9-15/h4-6,8-13H,2-3,7,14H2,1H3. The molecule has 0 spiro atoms. The third kappa shape index (κ3) is 6.27. The molecule has 0 aromatic heterocycles. The van der Waals surface area contributed by atoms with Gasteiger partial charge in [-0.2, -0.15) is 0 Å². The lowest BCUT2D eigenvalue weighted by atomic mass is 10.0. The molecule has 0 aliphatic carbocycles. The van der Waals surface area contributed by atoms with Gasteiger partial charge in [-0.25, -0.2) is 14.5 Å². The van der Waals surface area contributed by atoms with Gasteiger partial charge in [0.05, 0.1) is 17.2 Å². The van der Waals surface area contributed by atoms with Gasteiger partial charge >= 0.3 is 12.1 Å². The van der Waals surface area contributed by atoms with Crippen molar-refractivity contribution in [1.29, 1.82) is 0 Å². The molecule has 132 valence electrons.